The Kier molecular flexibility index (Phi) is 12.4. The maximum atomic E-state index is 2.27. The van der Waals surface area contributed by atoms with E-state index < -0.39 is 0 Å². The van der Waals surface area contributed by atoms with E-state index in [4.69, 9.17) is 0 Å². The predicted molar refractivity (Wildman–Crippen MR) is 96.4 cm³/mol. The molecule has 0 unspecified atom stereocenters. The molecule has 0 amide bonds. The molecule has 0 aliphatic heterocycles. The van der Waals surface area contributed by atoms with Gasteiger partial charge < -0.3 is 0 Å². The van der Waals surface area contributed by atoms with E-state index in [0.717, 1.165) is 0 Å². The molecule has 0 radical (unpaired) electrons. The molecule has 0 aromatic rings. The summed E-state index contributed by atoms with van der Waals surface area (Å²) in [5.41, 5.74) is 0. The summed E-state index contributed by atoms with van der Waals surface area (Å²) in [6.07, 6.45) is 37.5. The van der Waals surface area contributed by atoms with Crippen molar-refractivity contribution in [3.63, 3.8) is 0 Å². The van der Waals surface area contributed by atoms with E-state index in [1.165, 1.54) is 57.8 Å². The Morgan fingerprint density at radius 3 is 0.952 bits per heavy atom. The van der Waals surface area contributed by atoms with Gasteiger partial charge in [-0.2, -0.15) is 0 Å². The normalized spacial score (nSPS) is 19.4. The fraction of sp³-hybridized carbons (Fsp3) is 0.429. The molecule has 1 aliphatic carbocycles. The zero-order chi connectivity index (χ0) is 14.8. The van der Waals surface area contributed by atoms with Crippen LogP contribution in [0.2, 0.25) is 0 Å². The summed E-state index contributed by atoms with van der Waals surface area (Å²) >= 11 is 0. The van der Waals surface area contributed by atoms with Crippen LogP contribution in [-0.2, 0) is 0 Å². The Labute approximate surface area is 131 Å². The molecule has 1 rings (SSSR count). The smallest absolute Gasteiger partial charge is 0.0348 e. The molecule has 0 spiro atoms. The highest BCUT2D eigenvalue weighted by molar-refractivity contribution is 5.19. The second-order valence-electron chi connectivity index (χ2n) is 5.45. The first-order valence-electron chi connectivity index (χ1n) is 8.48. The van der Waals surface area contributed by atoms with E-state index in [2.05, 4.69) is 72.9 Å². The molecule has 0 saturated heterocycles. The van der Waals surface area contributed by atoms with Crippen LogP contribution < -0.4 is 0 Å². The molecule has 114 valence electrons. The first-order chi connectivity index (χ1) is 10.5. The quantitative estimate of drug-likeness (QED) is 0.456. The summed E-state index contributed by atoms with van der Waals surface area (Å²) in [6.45, 7) is 0. The van der Waals surface area contributed by atoms with Crippen molar-refractivity contribution in [3.8, 4) is 0 Å². The minimum Gasteiger partial charge on any atom is -0.0845 e. The zero-order valence-corrected chi connectivity index (χ0v) is 13.3. The van der Waals surface area contributed by atoms with Gasteiger partial charge in [0.2, 0.25) is 0 Å². The van der Waals surface area contributed by atoms with Gasteiger partial charge in [-0.05, 0) is 25.7 Å². The topological polar surface area (TPSA) is 0 Å². The number of rotatable bonds is 0. The summed E-state index contributed by atoms with van der Waals surface area (Å²) < 4.78 is 0. The summed E-state index contributed by atoms with van der Waals surface area (Å²) in [6, 6.07) is 0. The van der Waals surface area contributed by atoms with Crippen LogP contribution in [0.25, 0.3) is 0 Å². The average Bonchev–Trinajstić information content (AvgIpc) is 2.50. The van der Waals surface area contributed by atoms with Crippen LogP contribution in [0.5, 0.6) is 0 Å². The summed E-state index contributed by atoms with van der Waals surface area (Å²) in [5.74, 6) is 0. The highest BCUT2D eigenvalue weighted by Gasteiger charge is 1.90. The third-order valence-corrected chi connectivity index (χ3v) is 3.51. The van der Waals surface area contributed by atoms with Gasteiger partial charge in [0.05, 0.1) is 0 Å². The molecular weight excluding hydrogens is 252 g/mol. The Hall–Kier alpha value is -1.56. The van der Waals surface area contributed by atoms with Crippen molar-refractivity contribution in [2.45, 2.75) is 57.8 Å². The lowest BCUT2D eigenvalue weighted by atomic mass is 10.1. The number of hydrogen-bond donors (Lipinski definition) is 0. The number of hydrogen-bond acceptors (Lipinski definition) is 0. The monoisotopic (exact) mass is 282 g/mol. The van der Waals surface area contributed by atoms with Crippen molar-refractivity contribution in [2.75, 3.05) is 0 Å². The molecule has 0 N–H and O–H groups in total. The van der Waals surface area contributed by atoms with Gasteiger partial charge in [0, 0.05) is 0 Å². The van der Waals surface area contributed by atoms with E-state index in [1.807, 2.05) is 0 Å². The Bertz CT molecular complexity index is 350. The molecule has 0 atom stereocenters. The van der Waals surface area contributed by atoms with Crippen molar-refractivity contribution < 1.29 is 0 Å². The SMILES string of the molecule is C1=CC=CC=CCCCCCCCCCC=CC=CC=C1. The first kappa shape index (κ1) is 17.5. The summed E-state index contributed by atoms with van der Waals surface area (Å²) in [4.78, 5) is 0. The zero-order valence-electron chi connectivity index (χ0n) is 13.3. The van der Waals surface area contributed by atoms with Crippen LogP contribution in [0.3, 0.4) is 0 Å². The predicted octanol–water partition coefficient (Wildman–Crippen LogP) is 6.85. The van der Waals surface area contributed by atoms with E-state index in [-0.39, 0.29) is 0 Å². The standard InChI is InChI=1S/C21H30/c1-2-4-6-8-10-12-14-16-18-20-21-19-17-15-13-11-9-7-5-3-1/h1-12H,13-21H2. The number of allylic oxidation sites excluding steroid dienone is 12. The van der Waals surface area contributed by atoms with Crippen molar-refractivity contribution in [1.82, 2.24) is 0 Å². The lowest BCUT2D eigenvalue weighted by Gasteiger charge is -1.99. The van der Waals surface area contributed by atoms with Crippen LogP contribution in [0.15, 0.2) is 72.9 Å². The molecule has 0 aromatic carbocycles. The van der Waals surface area contributed by atoms with Gasteiger partial charge in [-0.1, -0.05) is 105 Å². The first-order valence-corrected chi connectivity index (χ1v) is 8.48. The second kappa shape index (κ2) is 14.8. The largest absolute Gasteiger partial charge is 0.0845 e. The Balaban J connectivity index is 2.36. The van der Waals surface area contributed by atoms with Crippen LogP contribution in [0.4, 0.5) is 0 Å². The van der Waals surface area contributed by atoms with Gasteiger partial charge in [-0.15, -0.1) is 0 Å². The molecule has 0 heteroatoms. The third-order valence-electron chi connectivity index (χ3n) is 3.51. The lowest BCUT2D eigenvalue weighted by Crippen LogP contribution is -1.80. The van der Waals surface area contributed by atoms with Crippen LogP contribution in [0.1, 0.15) is 57.8 Å². The average molecular weight is 282 g/mol. The van der Waals surface area contributed by atoms with Gasteiger partial charge >= 0.3 is 0 Å². The van der Waals surface area contributed by atoms with Crippen LogP contribution in [0, 0.1) is 0 Å². The minimum atomic E-state index is 1.21. The van der Waals surface area contributed by atoms with Crippen molar-refractivity contribution >= 4 is 0 Å². The molecule has 0 heterocycles. The molecule has 1 aliphatic rings. The highest BCUT2D eigenvalue weighted by Crippen LogP contribution is 2.10. The maximum Gasteiger partial charge on any atom is -0.0348 e. The maximum absolute atomic E-state index is 2.27. The third kappa shape index (κ3) is 13.2. The summed E-state index contributed by atoms with van der Waals surface area (Å²) in [7, 11) is 0. The van der Waals surface area contributed by atoms with E-state index in [9.17, 15) is 0 Å². The molecule has 0 nitrogen and oxygen atoms in total. The highest BCUT2D eigenvalue weighted by atomic mass is 14.0. The van der Waals surface area contributed by atoms with Gasteiger partial charge in [0.25, 0.3) is 0 Å². The van der Waals surface area contributed by atoms with E-state index in [0.29, 0.717) is 0 Å². The molecule has 0 saturated carbocycles. The Morgan fingerprint density at radius 1 is 0.286 bits per heavy atom. The molecule has 0 aromatic heterocycles. The summed E-state index contributed by atoms with van der Waals surface area (Å²) in [5, 5.41) is 0. The van der Waals surface area contributed by atoms with E-state index in [1.54, 1.807) is 0 Å². The van der Waals surface area contributed by atoms with Gasteiger partial charge in [0.15, 0.2) is 0 Å². The van der Waals surface area contributed by atoms with Gasteiger partial charge in [-0.25, -0.2) is 0 Å². The van der Waals surface area contributed by atoms with Crippen molar-refractivity contribution in [1.29, 1.82) is 0 Å². The lowest BCUT2D eigenvalue weighted by molar-refractivity contribution is 0.583. The van der Waals surface area contributed by atoms with Crippen LogP contribution in [-0.4, -0.2) is 0 Å². The molecule has 0 bridgehead atoms. The molecular formula is C21H30. The van der Waals surface area contributed by atoms with Gasteiger partial charge in [-0.3, -0.25) is 0 Å². The van der Waals surface area contributed by atoms with Gasteiger partial charge in [0.1, 0.15) is 0 Å². The fourth-order valence-corrected chi connectivity index (χ4v) is 2.27. The minimum absolute atomic E-state index is 1.21. The van der Waals surface area contributed by atoms with Crippen molar-refractivity contribution in [2.24, 2.45) is 0 Å². The van der Waals surface area contributed by atoms with E-state index >= 15 is 0 Å². The van der Waals surface area contributed by atoms with Crippen LogP contribution >= 0.6 is 0 Å². The molecule has 0 fully saturated rings. The second-order valence-corrected chi connectivity index (χ2v) is 5.45. The molecule has 21 heavy (non-hydrogen) atoms. The fourth-order valence-electron chi connectivity index (χ4n) is 2.27. The Morgan fingerprint density at radius 2 is 0.571 bits per heavy atom. The van der Waals surface area contributed by atoms with Crippen molar-refractivity contribution in [3.05, 3.63) is 72.9 Å².